The van der Waals surface area contributed by atoms with E-state index in [1.54, 1.807) is 0 Å². The van der Waals surface area contributed by atoms with E-state index >= 15 is 0 Å². The Bertz CT molecular complexity index is 162. The molecule has 2 unspecified atom stereocenters. The van der Waals surface area contributed by atoms with Gasteiger partial charge >= 0.3 is 0 Å². The van der Waals surface area contributed by atoms with E-state index in [1.807, 2.05) is 6.26 Å². The summed E-state index contributed by atoms with van der Waals surface area (Å²) in [6, 6.07) is 0. The van der Waals surface area contributed by atoms with Gasteiger partial charge in [0.2, 0.25) is 0 Å². The van der Waals surface area contributed by atoms with Crippen LogP contribution in [0.5, 0.6) is 0 Å². The predicted molar refractivity (Wildman–Crippen MR) is 51.9 cm³/mol. The third-order valence-corrected chi connectivity index (χ3v) is 2.94. The van der Waals surface area contributed by atoms with Crippen molar-refractivity contribution in [1.82, 2.24) is 0 Å². The van der Waals surface area contributed by atoms with Crippen LogP contribution < -0.4 is 0 Å². The molecule has 1 aliphatic rings. The third-order valence-electron chi connectivity index (χ3n) is 2.94. The first kappa shape index (κ1) is 9.63. The van der Waals surface area contributed by atoms with Crippen LogP contribution in [-0.4, -0.2) is 5.60 Å². The van der Waals surface area contributed by atoms with Crippen molar-refractivity contribution in [2.75, 3.05) is 0 Å². The third kappa shape index (κ3) is 2.02. The Labute approximate surface area is 75.8 Å². The molecule has 1 heterocycles. The zero-order valence-corrected chi connectivity index (χ0v) is 8.47. The van der Waals surface area contributed by atoms with Gasteiger partial charge in [-0.25, -0.2) is 0 Å². The lowest BCUT2D eigenvalue weighted by Gasteiger charge is -2.28. The Morgan fingerprint density at radius 2 is 2.17 bits per heavy atom. The van der Waals surface area contributed by atoms with E-state index in [1.165, 1.54) is 25.7 Å². The summed E-state index contributed by atoms with van der Waals surface area (Å²) in [5, 5.41) is 0. The Hall–Kier alpha value is -0.460. The number of hydrogen-bond donors (Lipinski definition) is 0. The van der Waals surface area contributed by atoms with Crippen molar-refractivity contribution >= 4 is 0 Å². The summed E-state index contributed by atoms with van der Waals surface area (Å²) >= 11 is 0. The average Bonchev–Trinajstić information content (AvgIpc) is 2.34. The lowest BCUT2D eigenvalue weighted by molar-refractivity contribution is 0.0215. The molecule has 1 rings (SSSR count). The monoisotopic (exact) mass is 168 g/mol. The van der Waals surface area contributed by atoms with Gasteiger partial charge < -0.3 is 4.74 Å². The van der Waals surface area contributed by atoms with Crippen LogP contribution in [0.15, 0.2) is 12.3 Å². The van der Waals surface area contributed by atoms with Gasteiger partial charge in [0, 0.05) is 5.92 Å². The second-order valence-corrected chi connectivity index (χ2v) is 4.00. The van der Waals surface area contributed by atoms with E-state index in [0.717, 1.165) is 0 Å². The molecule has 12 heavy (non-hydrogen) atoms. The van der Waals surface area contributed by atoms with E-state index in [9.17, 15) is 0 Å². The molecule has 1 heteroatoms. The minimum atomic E-state index is 0.0924. The molecule has 0 saturated carbocycles. The summed E-state index contributed by atoms with van der Waals surface area (Å²) in [6.45, 7) is 6.68. The summed E-state index contributed by atoms with van der Waals surface area (Å²) in [7, 11) is 0. The zero-order valence-electron chi connectivity index (χ0n) is 8.47. The number of rotatable bonds is 4. The van der Waals surface area contributed by atoms with Crippen LogP contribution in [0.2, 0.25) is 0 Å². The van der Waals surface area contributed by atoms with Crippen molar-refractivity contribution < 1.29 is 4.74 Å². The molecule has 0 amide bonds. The van der Waals surface area contributed by atoms with Gasteiger partial charge in [-0.05, 0) is 25.8 Å². The molecule has 0 N–H and O–H groups in total. The second kappa shape index (κ2) is 3.97. The van der Waals surface area contributed by atoms with Gasteiger partial charge in [0.05, 0.1) is 6.26 Å². The number of unbranched alkanes of at least 4 members (excludes halogenated alkanes) is 2. The summed E-state index contributed by atoms with van der Waals surface area (Å²) < 4.78 is 5.62. The molecule has 1 nitrogen and oxygen atoms in total. The molecule has 0 saturated heterocycles. The summed E-state index contributed by atoms with van der Waals surface area (Å²) in [5.74, 6) is 0.578. The maximum atomic E-state index is 5.62. The van der Waals surface area contributed by atoms with Gasteiger partial charge in [0.25, 0.3) is 0 Å². The SMILES string of the molecule is CCCCCC1(C)OC=CC1C. The first-order valence-electron chi connectivity index (χ1n) is 5.03. The van der Waals surface area contributed by atoms with Crippen LogP contribution in [0.3, 0.4) is 0 Å². The minimum absolute atomic E-state index is 0.0924. The van der Waals surface area contributed by atoms with Crippen molar-refractivity contribution in [3.63, 3.8) is 0 Å². The maximum absolute atomic E-state index is 5.62. The molecule has 0 fully saturated rings. The van der Waals surface area contributed by atoms with Crippen LogP contribution in [0, 0.1) is 5.92 Å². The molecular weight excluding hydrogens is 148 g/mol. The lowest BCUT2D eigenvalue weighted by atomic mass is 9.87. The van der Waals surface area contributed by atoms with Gasteiger partial charge in [-0.2, -0.15) is 0 Å². The highest BCUT2D eigenvalue weighted by Gasteiger charge is 2.33. The predicted octanol–water partition coefficient (Wildman–Crippen LogP) is 3.51. The molecule has 0 bridgehead atoms. The van der Waals surface area contributed by atoms with Crippen LogP contribution in [-0.2, 0) is 4.74 Å². The van der Waals surface area contributed by atoms with Gasteiger partial charge in [-0.1, -0.05) is 26.7 Å². The van der Waals surface area contributed by atoms with Crippen LogP contribution in [0.4, 0.5) is 0 Å². The van der Waals surface area contributed by atoms with Crippen LogP contribution in [0.25, 0.3) is 0 Å². The van der Waals surface area contributed by atoms with E-state index in [2.05, 4.69) is 26.8 Å². The standard InChI is InChI=1S/C11H20O/c1-4-5-6-8-11(3)10(2)7-9-12-11/h7,9-10H,4-6,8H2,1-3H3. The molecule has 0 spiro atoms. The lowest BCUT2D eigenvalue weighted by Crippen LogP contribution is -2.30. The molecule has 0 aromatic rings. The molecule has 0 aromatic heterocycles. The first-order valence-corrected chi connectivity index (χ1v) is 5.03. The highest BCUT2D eigenvalue weighted by Crippen LogP contribution is 2.33. The molecule has 0 aromatic carbocycles. The maximum Gasteiger partial charge on any atom is 0.111 e. The number of hydrogen-bond acceptors (Lipinski definition) is 1. The summed E-state index contributed by atoms with van der Waals surface area (Å²) in [6.07, 6.45) is 9.11. The van der Waals surface area contributed by atoms with E-state index in [4.69, 9.17) is 4.74 Å². The van der Waals surface area contributed by atoms with Crippen LogP contribution in [0.1, 0.15) is 46.5 Å². The normalized spacial score (nSPS) is 33.8. The van der Waals surface area contributed by atoms with Gasteiger partial charge in [-0.15, -0.1) is 0 Å². The van der Waals surface area contributed by atoms with E-state index in [-0.39, 0.29) is 5.60 Å². The fraction of sp³-hybridized carbons (Fsp3) is 0.818. The fourth-order valence-corrected chi connectivity index (χ4v) is 1.64. The van der Waals surface area contributed by atoms with Crippen molar-refractivity contribution in [3.05, 3.63) is 12.3 Å². The topological polar surface area (TPSA) is 9.23 Å². The molecular formula is C11H20O. The zero-order chi connectivity index (χ0) is 9.03. The molecule has 2 atom stereocenters. The smallest absolute Gasteiger partial charge is 0.111 e. The summed E-state index contributed by atoms with van der Waals surface area (Å²) in [4.78, 5) is 0. The highest BCUT2D eigenvalue weighted by atomic mass is 16.5. The van der Waals surface area contributed by atoms with Crippen molar-refractivity contribution in [1.29, 1.82) is 0 Å². The Morgan fingerprint density at radius 3 is 2.67 bits per heavy atom. The van der Waals surface area contributed by atoms with Crippen molar-refractivity contribution in [2.45, 2.75) is 52.1 Å². The van der Waals surface area contributed by atoms with Crippen molar-refractivity contribution in [3.8, 4) is 0 Å². The molecule has 0 aliphatic carbocycles. The summed E-state index contributed by atoms with van der Waals surface area (Å²) in [5.41, 5.74) is 0.0924. The van der Waals surface area contributed by atoms with Crippen molar-refractivity contribution in [2.24, 2.45) is 5.92 Å². The van der Waals surface area contributed by atoms with Crippen LogP contribution >= 0.6 is 0 Å². The van der Waals surface area contributed by atoms with Gasteiger partial charge in [-0.3, -0.25) is 0 Å². The fourth-order valence-electron chi connectivity index (χ4n) is 1.64. The quantitative estimate of drug-likeness (QED) is 0.584. The Balaban J connectivity index is 2.30. The molecule has 70 valence electrons. The van der Waals surface area contributed by atoms with Gasteiger partial charge in [0.15, 0.2) is 0 Å². The highest BCUT2D eigenvalue weighted by molar-refractivity contribution is 5.00. The van der Waals surface area contributed by atoms with E-state index < -0.39 is 0 Å². The minimum Gasteiger partial charge on any atom is -0.495 e. The number of ether oxygens (including phenoxy) is 1. The molecule has 1 aliphatic heterocycles. The van der Waals surface area contributed by atoms with E-state index in [0.29, 0.717) is 5.92 Å². The molecule has 0 radical (unpaired) electrons. The Morgan fingerprint density at radius 1 is 1.42 bits per heavy atom. The van der Waals surface area contributed by atoms with Gasteiger partial charge in [0.1, 0.15) is 5.60 Å². The average molecular weight is 168 g/mol. The second-order valence-electron chi connectivity index (χ2n) is 4.00. The largest absolute Gasteiger partial charge is 0.495 e. The first-order chi connectivity index (χ1) is 5.69. The Kier molecular flexibility index (Phi) is 3.19.